The van der Waals surface area contributed by atoms with Crippen LogP contribution in [0.15, 0.2) is 6.20 Å². The summed E-state index contributed by atoms with van der Waals surface area (Å²) in [4.78, 5) is 19.0. The number of hydrogen-bond acceptors (Lipinski definition) is 6. The number of nitrogens with one attached hydrogen (secondary N) is 1. The first-order chi connectivity index (χ1) is 8.85. The van der Waals surface area contributed by atoms with Crippen LogP contribution in [0.2, 0.25) is 0 Å². The van der Waals surface area contributed by atoms with Gasteiger partial charge in [0.15, 0.2) is 5.82 Å². The number of piperazine rings is 1. The molecule has 1 saturated heterocycles. The molecular formula is C11H16N6O. The van der Waals surface area contributed by atoms with Crippen molar-refractivity contribution in [1.82, 2.24) is 20.1 Å². The van der Waals surface area contributed by atoms with Gasteiger partial charge in [-0.05, 0) is 12.8 Å². The Morgan fingerprint density at radius 3 is 2.72 bits per heavy atom. The minimum atomic E-state index is 0.522. The second-order valence-electron chi connectivity index (χ2n) is 4.69. The molecule has 7 nitrogen and oxygen atoms in total. The third-order valence-corrected chi connectivity index (χ3v) is 3.24. The fourth-order valence-corrected chi connectivity index (χ4v) is 1.98. The Morgan fingerprint density at radius 1 is 1.28 bits per heavy atom. The Balaban J connectivity index is 1.66. The summed E-state index contributed by atoms with van der Waals surface area (Å²) >= 11 is 0. The van der Waals surface area contributed by atoms with E-state index >= 15 is 0 Å². The van der Waals surface area contributed by atoms with Gasteiger partial charge in [-0.25, -0.2) is 0 Å². The first-order valence-corrected chi connectivity index (χ1v) is 6.26. The molecule has 3 rings (SSSR count). The molecule has 7 heteroatoms. The summed E-state index contributed by atoms with van der Waals surface area (Å²) in [6, 6.07) is 0.522. The highest BCUT2D eigenvalue weighted by molar-refractivity contribution is 5.49. The molecule has 0 atom stereocenters. The van der Waals surface area contributed by atoms with E-state index < -0.39 is 0 Å². The van der Waals surface area contributed by atoms with E-state index in [1.54, 1.807) is 11.1 Å². The largest absolute Gasteiger partial charge is 0.352 e. The van der Waals surface area contributed by atoms with Crippen LogP contribution in [0.1, 0.15) is 12.8 Å². The average Bonchev–Trinajstić information content (AvgIpc) is 3.23. The van der Waals surface area contributed by atoms with Gasteiger partial charge < -0.3 is 15.1 Å². The quantitative estimate of drug-likeness (QED) is 0.739. The minimum Gasteiger partial charge on any atom is -0.352 e. The van der Waals surface area contributed by atoms with Crippen molar-refractivity contribution in [1.29, 1.82) is 0 Å². The van der Waals surface area contributed by atoms with Gasteiger partial charge in [0.1, 0.15) is 0 Å². The van der Waals surface area contributed by atoms with Crippen LogP contribution in [0.4, 0.5) is 11.8 Å². The van der Waals surface area contributed by atoms with Gasteiger partial charge in [0.2, 0.25) is 12.4 Å². The zero-order valence-electron chi connectivity index (χ0n) is 10.1. The highest BCUT2D eigenvalue weighted by atomic mass is 16.1. The topological polar surface area (TPSA) is 74.2 Å². The van der Waals surface area contributed by atoms with Crippen molar-refractivity contribution in [2.24, 2.45) is 0 Å². The summed E-state index contributed by atoms with van der Waals surface area (Å²) in [7, 11) is 0. The van der Waals surface area contributed by atoms with Crippen molar-refractivity contribution >= 4 is 18.2 Å². The van der Waals surface area contributed by atoms with Gasteiger partial charge in [-0.2, -0.15) is 10.1 Å². The summed E-state index contributed by atoms with van der Waals surface area (Å²) in [6.45, 7) is 3.05. The first kappa shape index (κ1) is 11.2. The SMILES string of the molecule is O=CN1CCN(c2cnnc(NC3CC3)n2)CC1. The van der Waals surface area contributed by atoms with Gasteiger partial charge >= 0.3 is 0 Å². The maximum Gasteiger partial charge on any atom is 0.244 e. The van der Waals surface area contributed by atoms with E-state index in [0.717, 1.165) is 38.4 Å². The van der Waals surface area contributed by atoms with E-state index in [2.05, 4.69) is 25.4 Å². The molecule has 1 aliphatic carbocycles. The van der Waals surface area contributed by atoms with Crippen LogP contribution in [0, 0.1) is 0 Å². The Bertz CT molecular complexity index is 427. The molecule has 2 aliphatic rings. The standard InChI is InChI=1S/C11H16N6O/c18-8-16-3-5-17(6-4-16)10-7-12-15-11(14-10)13-9-1-2-9/h7-9H,1-6H2,(H,13,14,15). The zero-order valence-corrected chi connectivity index (χ0v) is 10.1. The second-order valence-corrected chi connectivity index (χ2v) is 4.69. The molecular weight excluding hydrogens is 232 g/mol. The highest BCUT2D eigenvalue weighted by Crippen LogP contribution is 2.23. The van der Waals surface area contributed by atoms with Crippen LogP contribution in [0.5, 0.6) is 0 Å². The van der Waals surface area contributed by atoms with E-state index in [4.69, 9.17) is 0 Å². The van der Waals surface area contributed by atoms with Crippen LogP contribution in [-0.2, 0) is 4.79 Å². The van der Waals surface area contributed by atoms with Gasteiger partial charge in [0.25, 0.3) is 0 Å². The molecule has 1 aromatic heterocycles. The Labute approximate surface area is 105 Å². The third-order valence-electron chi connectivity index (χ3n) is 3.24. The van der Waals surface area contributed by atoms with E-state index in [9.17, 15) is 4.79 Å². The van der Waals surface area contributed by atoms with Crippen molar-refractivity contribution in [3.05, 3.63) is 6.20 Å². The molecule has 1 aliphatic heterocycles. The smallest absolute Gasteiger partial charge is 0.244 e. The highest BCUT2D eigenvalue weighted by Gasteiger charge is 2.23. The summed E-state index contributed by atoms with van der Waals surface area (Å²) in [5.74, 6) is 1.44. The maximum absolute atomic E-state index is 10.6. The Kier molecular flexibility index (Phi) is 2.95. The monoisotopic (exact) mass is 248 g/mol. The number of amides is 1. The molecule has 1 N–H and O–H groups in total. The molecule has 96 valence electrons. The van der Waals surface area contributed by atoms with Gasteiger partial charge in [-0.3, -0.25) is 4.79 Å². The van der Waals surface area contributed by atoms with Crippen molar-refractivity contribution in [3.63, 3.8) is 0 Å². The number of aromatic nitrogens is 3. The normalized spacial score (nSPS) is 19.8. The lowest BCUT2D eigenvalue weighted by Gasteiger charge is -2.33. The summed E-state index contributed by atoms with van der Waals surface area (Å²) in [5, 5.41) is 11.2. The van der Waals surface area contributed by atoms with Gasteiger partial charge in [-0.1, -0.05) is 0 Å². The predicted molar refractivity (Wildman–Crippen MR) is 66.3 cm³/mol. The van der Waals surface area contributed by atoms with Gasteiger partial charge in [-0.15, -0.1) is 5.10 Å². The Morgan fingerprint density at radius 2 is 2.06 bits per heavy atom. The fourth-order valence-electron chi connectivity index (χ4n) is 1.98. The maximum atomic E-state index is 10.6. The number of nitrogens with zero attached hydrogens (tertiary/aromatic N) is 5. The van der Waals surface area contributed by atoms with Crippen molar-refractivity contribution in [2.75, 3.05) is 36.4 Å². The molecule has 0 unspecified atom stereocenters. The van der Waals surface area contributed by atoms with E-state index in [1.165, 1.54) is 12.8 Å². The molecule has 1 amide bonds. The molecule has 1 saturated carbocycles. The van der Waals surface area contributed by atoms with Crippen LogP contribution in [0.25, 0.3) is 0 Å². The van der Waals surface area contributed by atoms with Crippen LogP contribution < -0.4 is 10.2 Å². The number of carbonyl (C=O) groups excluding carboxylic acids is 1. The zero-order chi connectivity index (χ0) is 12.4. The van der Waals surface area contributed by atoms with Crippen molar-refractivity contribution in [3.8, 4) is 0 Å². The summed E-state index contributed by atoms with van der Waals surface area (Å²) < 4.78 is 0. The molecule has 0 spiro atoms. The molecule has 0 bridgehead atoms. The lowest BCUT2D eigenvalue weighted by molar-refractivity contribution is -0.118. The second kappa shape index (κ2) is 4.75. The molecule has 2 heterocycles. The summed E-state index contributed by atoms with van der Waals surface area (Å²) in [5.41, 5.74) is 0. The third kappa shape index (κ3) is 2.49. The lowest BCUT2D eigenvalue weighted by Crippen LogP contribution is -2.46. The number of carbonyl (C=O) groups is 1. The van der Waals surface area contributed by atoms with E-state index in [-0.39, 0.29) is 0 Å². The van der Waals surface area contributed by atoms with Crippen molar-refractivity contribution < 1.29 is 4.79 Å². The van der Waals surface area contributed by atoms with Gasteiger partial charge in [0, 0.05) is 32.2 Å². The first-order valence-electron chi connectivity index (χ1n) is 6.26. The lowest BCUT2D eigenvalue weighted by atomic mass is 10.3. The predicted octanol–water partition coefficient (Wildman–Crippen LogP) is -0.276. The van der Waals surface area contributed by atoms with Crippen molar-refractivity contribution in [2.45, 2.75) is 18.9 Å². The minimum absolute atomic E-state index is 0.522. The molecule has 0 radical (unpaired) electrons. The molecule has 2 fully saturated rings. The van der Waals surface area contributed by atoms with Crippen LogP contribution in [-0.4, -0.2) is 58.7 Å². The van der Waals surface area contributed by atoms with Gasteiger partial charge in [0.05, 0.1) is 6.20 Å². The number of hydrogen-bond donors (Lipinski definition) is 1. The van der Waals surface area contributed by atoms with E-state index in [1.807, 2.05) is 0 Å². The Hall–Kier alpha value is -1.92. The number of anilines is 2. The fraction of sp³-hybridized carbons (Fsp3) is 0.636. The molecule has 1 aromatic rings. The number of rotatable bonds is 4. The summed E-state index contributed by atoms with van der Waals surface area (Å²) in [6.07, 6.45) is 4.95. The molecule has 0 aromatic carbocycles. The van der Waals surface area contributed by atoms with Crippen LogP contribution >= 0.6 is 0 Å². The van der Waals surface area contributed by atoms with E-state index in [0.29, 0.717) is 12.0 Å². The molecule has 18 heavy (non-hydrogen) atoms. The average molecular weight is 248 g/mol. The van der Waals surface area contributed by atoms with Crippen LogP contribution in [0.3, 0.4) is 0 Å².